The molecule has 0 aliphatic carbocycles. The summed E-state index contributed by atoms with van der Waals surface area (Å²) in [5.41, 5.74) is 5.92. The predicted octanol–water partition coefficient (Wildman–Crippen LogP) is 2.16. The van der Waals surface area contributed by atoms with Crippen LogP contribution in [0.3, 0.4) is 0 Å². The van der Waals surface area contributed by atoms with Crippen molar-refractivity contribution < 1.29 is 0 Å². The molecular formula is C10H8ClN3OS. The van der Waals surface area contributed by atoms with Gasteiger partial charge in [0, 0.05) is 10.6 Å². The molecule has 0 bridgehead atoms. The zero-order valence-electron chi connectivity index (χ0n) is 8.11. The SMILES string of the molecule is Nc1ccc(Sc2nc[nH]c(=O)c2Cl)cc1. The third kappa shape index (κ3) is 2.37. The second kappa shape index (κ2) is 4.59. The Morgan fingerprint density at radius 1 is 1.31 bits per heavy atom. The maximum atomic E-state index is 11.2. The minimum atomic E-state index is -0.338. The van der Waals surface area contributed by atoms with E-state index in [1.54, 1.807) is 12.1 Å². The van der Waals surface area contributed by atoms with Crippen molar-refractivity contribution in [3.63, 3.8) is 0 Å². The van der Waals surface area contributed by atoms with E-state index >= 15 is 0 Å². The molecule has 4 nitrogen and oxygen atoms in total. The number of rotatable bonds is 2. The summed E-state index contributed by atoms with van der Waals surface area (Å²) in [6.07, 6.45) is 1.33. The van der Waals surface area contributed by atoms with Crippen molar-refractivity contribution in [2.75, 3.05) is 5.73 Å². The van der Waals surface area contributed by atoms with Crippen LogP contribution in [0.5, 0.6) is 0 Å². The van der Waals surface area contributed by atoms with Crippen molar-refractivity contribution in [1.29, 1.82) is 0 Å². The lowest BCUT2D eigenvalue weighted by Crippen LogP contribution is -2.07. The summed E-state index contributed by atoms with van der Waals surface area (Å²) in [5.74, 6) is 0. The molecule has 1 aromatic carbocycles. The zero-order chi connectivity index (χ0) is 11.5. The molecule has 0 spiro atoms. The average molecular weight is 254 g/mol. The summed E-state index contributed by atoms with van der Waals surface area (Å²) in [5, 5.41) is 0.583. The molecule has 1 aromatic heterocycles. The molecule has 16 heavy (non-hydrogen) atoms. The van der Waals surface area contributed by atoms with E-state index in [2.05, 4.69) is 9.97 Å². The lowest BCUT2D eigenvalue weighted by Gasteiger charge is -2.02. The number of H-pyrrole nitrogens is 1. The molecule has 0 atom stereocenters. The van der Waals surface area contributed by atoms with Crippen molar-refractivity contribution in [1.82, 2.24) is 9.97 Å². The highest BCUT2D eigenvalue weighted by Crippen LogP contribution is 2.29. The molecule has 0 unspecified atom stereocenters. The first kappa shape index (κ1) is 11.0. The van der Waals surface area contributed by atoms with E-state index in [0.717, 1.165) is 4.90 Å². The maximum absolute atomic E-state index is 11.2. The van der Waals surface area contributed by atoms with Crippen molar-refractivity contribution in [3.05, 3.63) is 46.0 Å². The Kier molecular flexibility index (Phi) is 3.17. The lowest BCUT2D eigenvalue weighted by molar-refractivity contribution is 1.01. The van der Waals surface area contributed by atoms with Gasteiger partial charge < -0.3 is 10.7 Å². The van der Waals surface area contributed by atoms with Gasteiger partial charge in [0.2, 0.25) is 0 Å². The summed E-state index contributed by atoms with van der Waals surface area (Å²) in [4.78, 5) is 18.6. The largest absolute Gasteiger partial charge is 0.399 e. The Balaban J connectivity index is 2.30. The molecule has 2 rings (SSSR count). The van der Waals surface area contributed by atoms with Crippen LogP contribution in [-0.4, -0.2) is 9.97 Å². The Hall–Kier alpha value is -1.46. The van der Waals surface area contributed by atoms with Crippen LogP contribution in [-0.2, 0) is 0 Å². The molecule has 0 saturated heterocycles. The second-order valence-corrected chi connectivity index (χ2v) is 4.46. The van der Waals surface area contributed by atoms with E-state index in [-0.39, 0.29) is 10.6 Å². The van der Waals surface area contributed by atoms with Gasteiger partial charge in [0.15, 0.2) is 0 Å². The van der Waals surface area contributed by atoms with Crippen LogP contribution in [0.15, 0.2) is 45.3 Å². The zero-order valence-corrected chi connectivity index (χ0v) is 9.68. The summed E-state index contributed by atoms with van der Waals surface area (Å²) < 4.78 is 0. The van der Waals surface area contributed by atoms with E-state index in [1.165, 1.54) is 18.1 Å². The number of nitrogens with two attached hydrogens (primary N) is 1. The predicted molar refractivity (Wildman–Crippen MR) is 64.8 cm³/mol. The Bertz CT molecular complexity index is 553. The first-order valence-electron chi connectivity index (χ1n) is 4.43. The van der Waals surface area contributed by atoms with Gasteiger partial charge >= 0.3 is 0 Å². The van der Waals surface area contributed by atoms with E-state index < -0.39 is 0 Å². The van der Waals surface area contributed by atoms with Gasteiger partial charge in [-0.1, -0.05) is 23.4 Å². The number of hydrogen-bond donors (Lipinski definition) is 2. The van der Waals surface area contributed by atoms with Gasteiger partial charge in [0.05, 0.1) is 6.33 Å². The Labute approximate surface area is 101 Å². The highest BCUT2D eigenvalue weighted by Gasteiger charge is 2.07. The Morgan fingerprint density at radius 2 is 2.00 bits per heavy atom. The fourth-order valence-electron chi connectivity index (χ4n) is 1.09. The van der Waals surface area contributed by atoms with Crippen LogP contribution in [0.2, 0.25) is 5.02 Å². The molecule has 3 N–H and O–H groups in total. The molecule has 6 heteroatoms. The number of aromatic nitrogens is 2. The summed E-state index contributed by atoms with van der Waals surface area (Å²) in [7, 11) is 0. The molecule has 0 fully saturated rings. The van der Waals surface area contributed by atoms with Gasteiger partial charge in [-0.2, -0.15) is 0 Å². The number of nitrogen functional groups attached to an aromatic ring is 1. The summed E-state index contributed by atoms with van der Waals surface area (Å²) in [6, 6.07) is 7.26. The van der Waals surface area contributed by atoms with Crippen LogP contribution in [0.4, 0.5) is 5.69 Å². The number of nitrogens with zero attached hydrogens (tertiary/aromatic N) is 1. The molecular weight excluding hydrogens is 246 g/mol. The third-order valence-corrected chi connectivity index (χ3v) is 3.33. The normalized spacial score (nSPS) is 10.3. The van der Waals surface area contributed by atoms with Gasteiger partial charge in [-0.15, -0.1) is 0 Å². The Morgan fingerprint density at radius 3 is 2.69 bits per heavy atom. The van der Waals surface area contributed by atoms with E-state index in [9.17, 15) is 4.79 Å². The smallest absolute Gasteiger partial charge is 0.270 e. The average Bonchev–Trinajstić information content (AvgIpc) is 2.28. The molecule has 0 saturated carbocycles. The fraction of sp³-hybridized carbons (Fsp3) is 0. The molecule has 0 aliphatic rings. The molecule has 0 aliphatic heterocycles. The van der Waals surface area contributed by atoms with Crippen LogP contribution < -0.4 is 11.3 Å². The highest BCUT2D eigenvalue weighted by molar-refractivity contribution is 7.99. The van der Waals surface area contributed by atoms with Gasteiger partial charge in [-0.3, -0.25) is 4.79 Å². The summed E-state index contributed by atoms with van der Waals surface area (Å²) in [6.45, 7) is 0. The number of halogens is 1. The van der Waals surface area contributed by atoms with Crippen molar-refractivity contribution >= 4 is 29.1 Å². The third-order valence-electron chi connectivity index (χ3n) is 1.86. The van der Waals surface area contributed by atoms with Gasteiger partial charge in [0.25, 0.3) is 5.56 Å². The minimum absolute atomic E-state index is 0.101. The quantitative estimate of drug-likeness (QED) is 0.636. The maximum Gasteiger partial charge on any atom is 0.270 e. The summed E-state index contributed by atoms with van der Waals surface area (Å²) >= 11 is 7.14. The number of nitrogens with one attached hydrogen (secondary N) is 1. The topological polar surface area (TPSA) is 71.8 Å². The van der Waals surface area contributed by atoms with Gasteiger partial charge in [0.1, 0.15) is 10.0 Å². The van der Waals surface area contributed by atoms with Crippen molar-refractivity contribution in [3.8, 4) is 0 Å². The molecule has 1 heterocycles. The van der Waals surface area contributed by atoms with E-state index in [4.69, 9.17) is 17.3 Å². The molecule has 2 aromatic rings. The van der Waals surface area contributed by atoms with Crippen LogP contribution in [0.1, 0.15) is 0 Å². The van der Waals surface area contributed by atoms with Crippen LogP contribution >= 0.6 is 23.4 Å². The molecule has 0 amide bonds. The monoisotopic (exact) mass is 253 g/mol. The van der Waals surface area contributed by atoms with Crippen LogP contribution in [0, 0.1) is 0 Å². The molecule has 0 radical (unpaired) electrons. The highest BCUT2D eigenvalue weighted by atomic mass is 35.5. The van der Waals surface area contributed by atoms with Crippen molar-refractivity contribution in [2.24, 2.45) is 0 Å². The second-order valence-electron chi connectivity index (χ2n) is 3.02. The van der Waals surface area contributed by atoms with E-state index in [1.807, 2.05) is 12.1 Å². The number of benzene rings is 1. The number of anilines is 1. The standard InChI is InChI=1S/C10H8ClN3OS/c11-8-9(15)13-5-14-10(8)16-7-3-1-6(12)2-4-7/h1-5H,12H2,(H,13,14,15). The fourth-order valence-corrected chi connectivity index (χ4v) is 2.09. The van der Waals surface area contributed by atoms with Crippen molar-refractivity contribution in [2.45, 2.75) is 9.92 Å². The number of hydrogen-bond acceptors (Lipinski definition) is 4. The van der Waals surface area contributed by atoms with Gasteiger partial charge in [-0.25, -0.2) is 4.98 Å². The van der Waals surface area contributed by atoms with Gasteiger partial charge in [-0.05, 0) is 24.3 Å². The molecule has 82 valence electrons. The number of aromatic amines is 1. The first-order valence-corrected chi connectivity index (χ1v) is 5.63. The van der Waals surface area contributed by atoms with Crippen LogP contribution in [0.25, 0.3) is 0 Å². The minimum Gasteiger partial charge on any atom is -0.399 e. The van der Waals surface area contributed by atoms with E-state index in [0.29, 0.717) is 10.7 Å². The first-order chi connectivity index (χ1) is 7.66. The lowest BCUT2D eigenvalue weighted by atomic mass is 10.3.